The number of rotatable bonds is 7. The van der Waals surface area contributed by atoms with E-state index in [-0.39, 0.29) is 5.91 Å². The molecule has 0 saturated carbocycles. The first-order valence-corrected chi connectivity index (χ1v) is 9.08. The van der Waals surface area contributed by atoms with E-state index < -0.39 is 42.0 Å². The fourth-order valence-corrected chi connectivity index (χ4v) is 2.63. The van der Waals surface area contributed by atoms with Crippen LogP contribution in [0.1, 0.15) is 34.1 Å². The molecule has 0 unspecified atom stereocenters. The van der Waals surface area contributed by atoms with E-state index in [4.69, 9.17) is 4.74 Å². The Morgan fingerprint density at radius 2 is 1.69 bits per heavy atom. The largest absolute Gasteiger partial charge is 0.451 e. The second-order valence-electron chi connectivity index (χ2n) is 6.89. The Morgan fingerprint density at radius 3 is 2.17 bits per heavy atom. The SMILES string of the molecule is CC[C@@]1(C)NC(=O)N(CC(=O)O[C@@H](C)C(=O)Nc2ccc(NC(C)=O)cc2)C1=O. The van der Waals surface area contributed by atoms with Crippen LogP contribution in [0, 0.1) is 0 Å². The Hall–Kier alpha value is -3.43. The van der Waals surface area contributed by atoms with Crippen LogP contribution in [-0.2, 0) is 23.9 Å². The number of amides is 5. The molecular weight excluding hydrogens is 380 g/mol. The first kappa shape index (κ1) is 21.9. The summed E-state index contributed by atoms with van der Waals surface area (Å²) in [6.07, 6.45) is -0.765. The number of ether oxygens (including phenoxy) is 1. The van der Waals surface area contributed by atoms with Crippen LogP contribution in [0.4, 0.5) is 16.2 Å². The summed E-state index contributed by atoms with van der Waals surface area (Å²) in [5, 5.41) is 7.71. The highest BCUT2D eigenvalue weighted by atomic mass is 16.5. The minimum atomic E-state index is -1.14. The molecule has 0 aromatic heterocycles. The predicted octanol–water partition coefficient (Wildman–Crippen LogP) is 1.24. The highest BCUT2D eigenvalue weighted by molar-refractivity contribution is 6.08. The molecule has 2 atom stereocenters. The summed E-state index contributed by atoms with van der Waals surface area (Å²) < 4.78 is 5.04. The molecule has 10 nitrogen and oxygen atoms in total. The Bertz CT molecular complexity index is 838. The average molecular weight is 404 g/mol. The predicted molar refractivity (Wildman–Crippen MR) is 104 cm³/mol. The molecule has 2 rings (SSSR count). The van der Waals surface area contributed by atoms with Crippen molar-refractivity contribution >= 4 is 41.1 Å². The van der Waals surface area contributed by atoms with Crippen molar-refractivity contribution in [1.82, 2.24) is 10.2 Å². The van der Waals surface area contributed by atoms with Crippen molar-refractivity contribution in [1.29, 1.82) is 0 Å². The standard InChI is InChI=1S/C19H24N4O6/c1-5-19(4)17(27)23(18(28)22-19)10-15(25)29-11(2)16(26)21-14-8-6-13(7-9-14)20-12(3)24/h6-9,11H,5,10H2,1-4H3,(H,20,24)(H,21,26)(H,22,28)/t11-,19+/m0/s1. The maximum atomic E-state index is 12.3. The fraction of sp³-hybridized carbons (Fsp3) is 0.421. The van der Waals surface area contributed by atoms with Gasteiger partial charge in [-0.2, -0.15) is 0 Å². The number of urea groups is 1. The van der Waals surface area contributed by atoms with Gasteiger partial charge in [0.25, 0.3) is 11.8 Å². The minimum Gasteiger partial charge on any atom is -0.451 e. The zero-order valence-electron chi connectivity index (χ0n) is 16.7. The lowest BCUT2D eigenvalue weighted by atomic mass is 9.99. The van der Waals surface area contributed by atoms with Crippen LogP contribution in [0.5, 0.6) is 0 Å². The van der Waals surface area contributed by atoms with Gasteiger partial charge in [-0.25, -0.2) is 4.79 Å². The molecule has 1 aromatic rings. The van der Waals surface area contributed by atoms with Crippen molar-refractivity contribution in [3.05, 3.63) is 24.3 Å². The van der Waals surface area contributed by atoms with Crippen LogP contribution < -0.4 is 16.0 Å². The molecule has 1 saturated heterocycles. The maximum Gasteiger partial charge on any atom is 0.327 e. The first-order valence-electron chi connectivity index (χ1n) is 9.08. The monoisotopic (exact) mass is 404 g/mol. The lowest BCUT2D eigenvalue weighted by molar-refractivity contribution is -0.155. The summed E-state index contributed by atoms with van der Waals surface area (Å²) in [5.74, 6) is -2.19. The molecule has 0 radical (unpaired) electrons. The highest BCUT2D eigenvalue weighted by Crippen LogP contribution is 2.20. The van der Waals surface area contributed by atoms with Gasteiger partial charge >= 0.3 is 12.0 Å². The van der Waals surface area contributed by atoms with Gasteiger partial charge in [-0.1, -0.05) is 6.92 Å². The summed E-state index contributed by atoms with van der Waals surface area (Å²) in [6.45, 7) is 5.50. The van der Waals surface area contributed by atoms with E-state index in [0.29, 0.717) is 17.8 Å². The summed E-state index contributed by atoms with van der Waals surface area (Å²) in [7, 11) is 0. The first-order chi connectivity index (χ1) is 13.6. The molecule has 1 fully saturated rings. The summed E-state index contributed by atoms with van der Waals surface area (Å²) in [4.78, 5) is 60.3. The number of benzene rings is 1. The van der Waals surface area contributed by atoms with E-state index in [0.717, 1.165) is 4.90 Å². The van der Waals surface area contributed by atoms with Gasteiger partial charge < -0.3 is 20.7 Å². The van der Waals surface area contributed by atoms with Gasteiger partial charge in [-0.05, 0) is 44.5 Å². The lowest BCUT2D eigenvalue weighted by Gasteiger charge is -2.19. The van der Waals surface area contributed by atoms with E-state index in [1.165, 1.54) is 13.8 Å². The van der Waals surface area contributed by atoms with Crippen LogP contribution in [0.3, 0.4) is 0 Å². The number of imide groups is 1. The van der Waals surface area contributed by atoms with Gasteiger partial charge in [-0.15, -0.1) is 0 Å². The third-order valence-electron chi connectivity index (χ3n) is 4.49. The number of nitrogens with zero attached hydrogens (tertiary/aromatic N) is 1. The van der Waals surface area contributed by atoms with E-state index >= 15 is 0 Å². The Kier molecular flexibility index (Phi) is 6.57. The molecule has 3 N–H and O–H groups in total. The second-order valence-corrected chi connectivity index (χ2v) is 6.89. The number of hydrogen-bond donors (Lipinski definition) is 3. The van der Waals surface area contributed by atoms with E-state index in [1.54, 1.807) is 38.1 Å². The zero-order chi connectivity index (χ0) is 21.8. The molecular formula is C19H24N4O6. The Morgan fingerprint density at radius 1 is 1.14 bits per heavy atom. The highest BCUT2D eigenvalue weighted by Gasteiger charge is 2.47. The molecule has 1 aliphatic heterocycles. The van der Waals surface area contributed by atoms with Crippen molar-refractivity contribution in [2.45, 2.75) is 45.8 Å². The zero-order valence-corrected chi connectivity index (χ0v) is 16.7. The van der Waals surface area contributed by atoms with E-state index in [1.807, 2.05) is 0 Å². The maximum absolute atomic E-state index is 12.3. The van der Waals surface area contributed by atoms with E-state index in [9.17, 15) is 24.0 Å². The Balaban J connectivity index is 1.89. The average Bonchev–Trinajstić information content (AvgIpc) is 2.86. The van der Waals surface area contributed by atoms with Crippen LogP contribution in [-0.4, -0.2) is 52.8 Å². The van der Waals surface area contributed by atoms with Gasteiger partial charge in [0.05, 0.1) is 0 Å². The van der Waals surface area contributed by atoms with Crippen LogP contribution in [0.2, 0.25) is 0 Å². The van der Waals surface area contributed by atoms with Crippen molar-refractivity contribution in [3.8, 4) is 0 Å². The van der Waals surface area contributed by atoms with E-state index in [2.05, 4.69) is 16.0 Å². The fourth-order valence-electron chi connectivity index (χ4n) is 2.63. The number of anilines is 2. The van der Waals surface area contributed by atoms with Crippen LogP contribution in [0.15, 0.2) is 24.3 Å². The van der Waals surface area contributed by atoms with Crippen molar-refractivity contribution in [2.75, 3.05) is 17.2 Å². The second kappa shape index (κ2) is 8.72. The van der Waals surface area contributed by atoms with Crippen molar-refractivity contribution in [3.63, 3.8) is 0 Å². The molecule has 10 heteroatoms. The molecule has 0 bridgehead atoms. The van der Waals surface area contributed by atoms with Crippen LogP contribution in [0.25, 0.3) is 0 Å². The van der Waals surface area contributed by atoms with Crippen LogP contribution >= 0.6 is 0 Å². The number of hydrogen-bond acceptors (Lipinski definition) is 6. The molecule has 5 amide bonds. The van der Waals surface area contributed by atoms with Gasteiger partial charge in [0.15, 0.2) is 6.10 Å². The lowest BCUT2D eigenvalue weighted by Crippen LogP contribution is -2.44. The smallest absolute Gasteiger partial charge is 0.327 e. The number of carbonyl (C=O) groups is 5. The third kappa shape index (κ3) is 5.31. The van der Waals surface area contributed by atoms with Gasteiger partial charge in [0.1, 0.15) is 12.1 Å². The molecule has 0 aliphatic carbocycles. The number of esters is 1. The van der Waals surface area contributed by atoms with Gasteiger partial charge in [0.2, 0.25) is 5.91 Å². The van der Waals surface area contributed by atoms with Crippen molar-refractivity contribution < 1.29 is 28.7 Å². The quantitative estimate of drug-likeness (QED) is 0.462. The summed E-state index contributed by atoms with van der Waals surface area (Å²) in [5.41, 5.74) is -0.0357. The molecule has 1 heterocycles. The Labute approximate surface area is 168 Å². The molecule has 156 valence electrons. The summed E-state index contributed by atoms with van der Waals surface area (Å²) in [6, 6.07) is 5.70. The summed E-state index contributed by atoms with van der Waals surface area (Å²) >= 11 is 0. The van der Waals surface area contributed by atoms with Gasteiger partial charge in [0, 0.05) is 18.3 Å². The van der Waals surface area contributed by atoms with Crippen molar-refractivity contribution in [2.24, 2.45) is 0 Å². The number of nitrogens with one attached hydrogen (secondary N) is 3. The molecule has 0 spiro atoms. The molecule has 1 aromatic carbocycles. The van der Waals surface area contributed by atoms with Gasteiger partial charge in [-0.3, -0.25) is 24.1 Å². The third-order valence-corrected chi connectivity index (χ3v) is 4.49. The normalized spacial score (nSPS) is 19.4. The topological polar surface area (TPSA) is 134 Å². The molecule has 1 aliphatic rings. The number of carbonyl (C=O) groups excluding carboxylic acids is 5. The minimum absolute atomic E-state index is 0.216. The molecule has 29 heavy (non-hydrogen) atoms.